The molecule has 0 atom stereocenters. The van der Waals surface area contributed by atoms with Crippen LogP contribution in [-0.2, 0) is 10.0 Å². The van der Waals surface area contributed by atoms with E-state index < -0.39 is 10.0 Å². The fourth-order valence-corrected chi connectivity index (χ4v) is 3.74. The fraction of sp³-hybridized carbons (Fsp3) is 0. The molecule has 7 heteroatoms. The summed E-state index contributed by atoms with van der Waals surface area (Å²) in [6.07, 6.45) is 3.26. The van der Waals surface area contributed by atoms with Gasteiger partial charge < -0.3 is 4.52 Å². The van der Waals surface area contributed by atoms with Crippen LogP contribution in [0.4, 0.5) is 5.88 Å². The Hall–Kier alpha value is -3.45. The van der Waals surface area contributed by atoms with Crippen molar-refractivity contribution in [3.63, 3.8) is 0 Å². The number of aromatic nitrogens is 2. The molecule has 0 saturated carbocycles. The number of hydrogen-bond acceptors (Lipinski definition) is 5. The van der Waals surface area contributed by atoms with Crippen LogP contribution in [-0.4, -0.2) is 18.6 Å². The van der Waals surface area contributed by atoms with Crippen molar-refractivity contribution in [1.82, 2.24) is 10.1 Å². The molecule has 0 amide bonds. The van der Waals surface area contributed by atoms with E-state index in [1.54, 1.807) is 42.7 Å². The number of sulfonamides is 1. The second-order valence-corrected chi connectivity index (χ2v) is 7.44. The first kappa shape index (κ1) is 17.0. The highest BCUT2D eigenvalue weighted by Crippen LogP contribution is 2.38. The minimum absolute atomic E-state index is 0.0592. The molecule has 0 saturated heterocycles. The molecule has 0 spiro atoms. The van der Waals surface area contributed by atoms with Crippen LogP contribution in [0.15, 0.2) is 94.6 Å². The van der Waals surface area contributed by atoms with Crippen LogP contribution in [0.5, 0.6) is 0 Å². The normalized spacial score (nSPS) is 11.3. The average molecular weight is 377 g/mol. The Labute approximate surface area is 156 Å². The lowest BCUT2D eigenvalue weighted by Gasteiger charge is -2.08. The van der Waals surface area contributed by atoms with E-state index in [-0.39, 0.29) is 10.8 Å². The Balaban J connectivity index is 1.84. The average Bonchev–Trinajstić information content (AvgIpc) is 3.13. The van der Waals surface area contributed by atoms with Crippen LogP contribution in [0.2, 0.25) is 0 Å². The predicted molar refractivity (Wildman–Crippen MR) is 102 cm³/mol. The van der Waals surface area contributed by atoms with Gasteiger partial charge >= 0.3 is 0 Å². The summed E-state index contributed by atoms with van der Waals surface area (Å²) in [5.74, 6) is 0.0592. The molecule has 6 nitrogen and oxygen atoms in total. The van der Waals surface area contributed by atoms with Gasteiger partial charge in [-0.25, -0.2) is 13.1 Å². The lowest BCUT2D eigenvalue weighted by Crippen LogP contribution is -2.12. The van der Waals surface area contributed by atoms with Gasteiger partial charge in [-0.2, -0.15) is 0 Å². The third-order valence-corrected chi connectivity index (χ3v) is 5.34. The van der Waals surface area contributed by atoms with Crippen LogP contribution >= 0.6 is 0 Å². The van der Waals surface area contributed by atoms with Crippen molar-refractivity contribution in [2.75, 3.05) is 4.72 Å². The summed E-state index contributed by atoms with van der Waals surface area (Å²) >= 11 is 0. The summed E-state index contributed by atoms with van der Waals surface area (Å²) in [7, 11) is -3.81. The summed E-state index contributed by atoms with van der Waals surface area (Å²) in [6.45, 7) is 0. The van der Waals surface area contributed by atoms with Gasteiger partial charge in [0.15, 0.2) is 0 Å². The van der Waals surface area contributed by atoms with E-state index in [9.17, 15) is 8.42 Å². The highest BCUT2D eigenvalue weighted by atomic mass is 32.2. The topological polar surface area (TPSA) is 85.1 Å². The second kappa shape index (κ2) is 7.05. The highest BCUT2D eigenvalue weighted by molar-refractivity contribution is 7.92. The van der Waals surface area contributed by atoms with Gasteiger partial charge in [0.05, 0.1) is 10.5 Å². The van der Waals surface area contributed by atoms with E-state index in [2.05, 4.69) is 14.9 Å². The zero-order valence-corrected chi connectivity index (χ0v) is 14.9. The summed E-state index contributed by atoms with van der Waals surface area (Å²) in [4.78, 5) is 4.16. The smallest absolute Gasteiger partial charge is 0.264 e. The molecule has 0 unspecified atom stereocenters. The largest absolute Gasteiger partial charge is 0.337 e. The standard InChI is InChI=1S/C20H15N3O3S/c24-27(25,17-9-5-2-6-10-17)23-20-18(15-11-13-21-14-12-15)19(22-26-20)16-7-3-1-4-8-16/h1-14,23H. The molecule has 0 fully saturated rings. The van der Waals surface area contributed by atoms with Crippen LogP contribution in [0.1, 0.15) is 0 Å². The lowest BCUT2D eigenvalue weighted by molar-refractivity contribution is 0.438. The molecule has 27 heavy (non-hydrogen) atoms. The van der Waals surface area contributed by atoms with Crippen LogP contribution in [0.25, 0.3) is 22.4 Å². The Morgan fingerprint density at radius 1 is 0.778 bits per heavy atom. The van der Waals surface area contributed by atoms with Gasteiger partial charge in [-0.15, -0.1) is 0 Å². The van der Waals surface area contributed by atoms with Gasteiger partial charge in [0.25, 0.3) is 10.0 Å². The monoisotopic (exact) mass is 377 g/mol. The fourth-order valence-electron chi connectivity index (χ4n) is 2.72. The summed E-state index contributed by atoms with van der Waals surface area (Å²) in [5, 5.41) is 4.12. The van der Waals surface area contributed by atoms with Crippen molar-refractivity contribution >= 4 is 15.9 Å². The second-order valence-electron chi connectivity index (χ2n) is 5.76. The third-order valence-electron chi connectivity index (χ3n) is 3.99. The molecule has 4 rings (SSSR count). The van der Waals surface area contributed by atoms with E-state index in [0.29, 0.717) is 11.3 Å². The number of nitrogens with zero attached hydrogens (tertiary/aromatic N) is 2. The molecule has 134 valence electrons. The van der Waals surface area contributed by atoms with Crippen LogP contribution in [0.3, 0.4) is 0 Å². The Bertz CT molecular complexity index is 1140. The van der Waals surface area contributed by atoms with Gasteiger partial charge in [0.1, 0.15) is 5.69 Å². The number of benzene rings is 2. The first-order chi connectivity index (χ1) is 13.1. The van der Waals surface area contributed by atoms with E-state index in [1.807, 2.05) is 30.3 Å². The molecular weight excluding hydrogens is 362 g/mol. The molecule has 0 aliphatic rings. The van der Waals surface area contributed by atoms with E-state index >= 15 is 0 Å². The summed E-state index contributed by atoms with van der Waals surface area (Å²) < 4.78 is 33.4. The molecule has 0 aliphatic heterocycles. The molecule has 2 heterocycles. The van der Waals surface area contributed by atoms with Crippen molar-refractivity contribution in [3.8, 4) is 22.4 Å². The van der Waals surface area contributed by atoms with Crippen LogP contribution < -0.4 is 4.72 Å². The number of anilines is 1. The van der Waals surface area contributed by atoms with E-state index in [0.717, 1.165) is 11.1 Å². The number of rotatable bonds is 5. The van der Waals surface area contributed by atoms with Crippen molar-refractivity contribution in [2.45, 2.75) is 4.90 Å². The van der Waals surface area contributed by atoms with Crippen molar-refractivity contribution < 1.29 is 12.9 Å². The SMILES string of the molecule is O=S(=O)(Nc1onc(-c2ccccc2)c1-c1ccncc1)c1ccccc1. The first-order valence-electron chi connectivity index (χ1n) is 8.18. The molecule has 0 bridgehead atoms. The first-order valence-corrected chi connectivity index (χ1v) is 9.67. The Morgan fingerprint density at radius 2 is 1.41 bits per heavy atom. The Kier molecular flexibility index (Phi) is 4.43. The zero-order valence-electron chi connectivity index (χ0n) is 14.1. The van der Waals surface area contributed by atoms with Gasteiger partial charge in [-0.05, 0) is 29.8 Å². The maximum atomic E-state index is 12.7. The predicted octanol–water partition coefficient (Wildman–Crippen LogP) is 4.20. The molecule has 4 aromatic rings. The van der Waals surface area contributed by atoms with Gasteiger partial charge in [-0.3, -0.25) is 4.98 Å². The van der Waals surface area contributed by atoms with Gasteiger partial charge in [-0.1, -0.05) is 53.7 Å². The van der Waals surface area contributed by atoms with Gasteiger partial charge in [0, 0.05) is 18.0 Å². The molecule has 2 aromatic carbocycles. The van der Waals surface area contributed by atoms with Crippen molar-refractivity contribution in [3.05, 3.63) is 85.2 Å². The highest BCUT2D eigenvalue weighted by Gasteiger charge is 2.24. The quantitative estimate of drug-likeness (QED) is 0.563. The zero-order chi connectivity index (χ0) is 18.7. The third kappa shape index (κ3) is 3.45. The Morgan fingerprint density at radius 3 is 2.07 bits per heavy atom. The van der Waals surface area contributed by atoms with Crippen molar-refractivity contribution in [1.29, 1.82) is 0 Å². The maximum absolute atomic E-state index is 12.7. The minimum Gasteiger partial charge on any atom is -0.337 e. The molecule has 1 N–H and O–H groups in total. The minimum atomic E-state index is -3.81. The van der Waals surface area contributed by atoms with E-state index in [1.165, 1.54) is 12.1 Å². The van der Waals surface area contributed by atoms with E-state index in [4.69, 9.17) is 4.52 Å². The van der Waals surface area contributed by atoms with Crippen LogP contribution in [0, 0.1) is 0 Å². The number of hydrogen-bond donors (Lipinski definition) is 1. The van der Waals surface area contributed by atoms with Gasteiger partial charge in [0.2, 0.25) is 5.88 Å². The molecule has 0 radical (unpaired) electrons. The van der Waals surface area contributed by atoms with Crippen molar-refractivity contribution in [2.24, 2.45) is 0 Å². The number of pyridine rings is 1. The lowest BCUT2D eigenvalue weighted by atomic mass is 10.0. The molecule has 2 aromatic heterocycles. The summed E-state index contributed by atoms with van der Waals surface area (Å²) in [5.41, 5.74) is 2.67. The maximum Gasteiger partial charge on any atom is 0.264 e. The molecule has 0 aliphatic carbocycles. The number of nitrogens with one attached hydrogen (secondary N) is 1. The summed E-state index contributed by atoms with van der Waals surface area (Å²) in [6, 6.07) is 21.1. The molecular formula is C20H15N3O3S.